The molecule has 0 aliphatic rings. The lowest BCUT2D eigenvalue weighted by atomic mass is 9.99. The number of nitrogens with zero attached hydrogens (tertiary/aromatic N) is 2. The SMILES string of the molecule is CCc1nnsc1C(=O)NC[C@H](Cc1ccccc1)C(=O)O. The first-order chi connectivity index (χ1) is 10.6. The third-order valence-electron chi connectivity index (χ3n) is 3.28. The molecule has 2 rings (SSSR count). The molecule has 7 heteroatoms. The van der Waals surface area contributed by atoms with Crippen LogP contribution in [0.2, 0.25) is 0 Å². The quantitative estimate of drug-likeness (QED) is 0.811. The minimum absolute atomic E-state index is 0.0735. The predicted octanol–water partition coefficient (Wildman–Crippen LogP) is 1.77. The minimum Gasteiger partial charge on any atom is -0.481 e. The Hall–Kier alpha value is -2.28. The number of carboxylic acids is 1. The van der Waals surface area contributed by atoms with Crippen LogP contribution in [0.5, 0.6) is 0 Å². The van der Waals surface area contributed by atoms with Crippen LogP contribution in [-0.2, 0) is 17.6 Å². The number of hydrogen-bond donors (Lipinski definition) is 2. The zero-order chi connectivity index (χ0) is 15.9. The average Bonchev–Trinajstić information content (AvgIpc) is 3.00. The largest absolute Gasteiger partial charge is 0.481 e. The number of amides is 1. The molecule has 1 aromatic heterocycles. The summed E-state index contributed by atoms with van der Waals surface area (Å²) in [6, 6.07) is 9.36. The van der Waals surface area contributed by atoms with E-state index in [1.165, 1.54) is 0 Å². The van der Waals surface area contributed by atoms with Crippen molar-refractivity contribution in [3.05, 3.63) is 46.5 Å². The van der Waals surface area contributed by atoms with Crippen molar-refractivity contribution >= 4 is 23.4 Å². The Morgan fingerprint density at radius 2 is 2.05 bits per heavy atom. The van der Waals surface area contributed by atoms with Crippen LogP contribution in [0, 0.1) is 5.92 Å². The lowest BCUT2D eigenvalue weighted by molar-refractivity contribution is -0.141. The standard InChI is InChI=1S/C15H17N3O3S/c1-2-12-13(22-18-17-12)14(19)16-9-11(15(20)21)8-10-6-4-3-5-7-10/h3-7,11H,2,8-9H2,1H3,(H,16,19)(H,20,21)/t11-/m0/s1. The summed E-state index contributed by atoms with van der Waals surface area (Å²) in [7, 11) is 0. The molecular formula is C15H17N3O3S. The summed E-state index contributed by atoms with van der Waals surface area (Å²) in [6.45, 7) is 1.97. The molecule has 0 unspecified atom stereocenters. The summed E-state index contributed by atoms with van der Waals surface area (Å²) in [5, 5.41) is 15.9. The number of aromatic nitrogens is 2. The maximum Gasteiger partial charge on any atom is 0.308 e. The average molecular weight is 319 g/mol. The van der Waals surface area contributed by atoms with Crippen molar-refractivity contribution in [2.24, 2.45) is 5.92 Å². The third kappa shape index (κ3) is 4.11. The molecule has 0 radical (unpaired) electrons. The highest BCUT2D eigenvalue weighted by atomic mass is 32.1. The van der Waals surface area contributed by atoms with Crippen molar-refractivity contribution < 1.29 is 14.7 Å². The molecule has 0 saturated heterocycles. The van der Waals surface area contributed by atoms with E-state index in [9.17, 15) is 14.7 Å². The highest BCUT2D eigenvalue weighted by molar-refractivity contribution is 7.08. The number of aryl methyl sites for hydroxylation is 1. The monoisotopic (exact) mass is 319 g/mol. The fraction of sp³-hybridized carbons (Fsp3) is 0.333. The van der Waals surface area contributed by atoms with E-state index in [0.29, 0.717) is 23.4 Å². The van der Waals surface area contributed by atoms with E-state index >= 15 is 0 Å². The third-order valence-corrected chi connectivity index (χ3v) is 4.05. The van der Waals surface area contributed by atoms with E-state index < -0.39 is 11.9 Å². The molecule has 0 spiro atoms. The Morgan fingerprint density at radius 3 is 2.68 bits per heavy atom. The normalized spacial score (nSPS) is 11.9. The van der Waals surface area contributed by atoms with Gasteiger partial charge in [-0.1, -0.05) is 41.7 Å². The van der Waals surface area contributed by atoms with Gasteiger partial charge in [-0.2, -0.15) is 0 Å². The molecule has 2 aromatic rings. The summed E-state index contributed by atoms with van der Waals surface area (Å²) in [5.41, 5.74) is 1.57. The van der Waals surface area contributed by atoms with E-state index in [1.54, 1.807) is 0 Å². The van der Waals surface area contributed by atoms with Crippen LogP contribution in [0.1, 0.15) is 27.9 Å². The molecule has 1 aromatic carbocycles. The second-order valence-electron chi connectivity index (χ2n) is 4.84. The second kappa shape index (κ2) is 7.65. The molecular weight excluding hydrogens is 302 g/mol. The molecule has 6 nitrogen and oxygen atoms in total. The second-order valence-corrected chi connectivity index (χ2v) is 5.59. The van der Waals surface area contributed by atoms with Crippen LogP contribution in [0.3, 0.4) is 0 Å². The first-order valence-electron chi connectivity index (χ1n) is 6.98. The van der Waals surface area contributed by atoms with Gasteiger partial charge in [0.15, 0.2) is 0 Å². The van der Waals surface area contributed by atoms with Crippen LogP contribution >= 0.6 is 11.5 Å². The molecule has 116 valence electrons. The van der Waals surface area contributed by atoms with Crippen molar-refractivity contribution in [1.29, 1.82) is 0 Å². The lowest BCUT2D eigenvalue weighted by Crippen LogP contribution is -2.34. The fourth-order valence-corrected chi connectivity index (χ4v) is 2.72. The van der Waals surface area contributed by atoms with Crippen molar-refractivity contribution in [2.45, 2.75) is 19.8 Å². The highest BCUT2D eigenvalue weighted by Crippen LogP contribution is 2.12. The summed E-state index contributed by atoms with van der Waals surface area (Å²) < 4.78 is 3.76. The first-order valence-corrected chi connectivity index (χ1v) is 7.75. The predicted molar refractivity (Wildman–Crippen MR) is 82.9 cm³/mol. The summed E-state index contributed by atoms with van der Waals surface area (Å²) in [5.74, 6) is -1.91. The number of nitrogens with one attached hydrogen (secondary N) is 1. The van der Waals surface area contributed by atoms with Crippen molar-refractivity contribution in [3.8, 4) is 0 Å². The number of aliphatic carboxylic acids is 1. The van der Waals surface area contributed by atoms with Gasteiger partial charge in [0.25, 0.3) is 5.91 Å². The Balaban J connectivity index is 1.97. The summed E-state index contributed by atoms with van der Waals surface area (Å²) >= 11 is 1.03. The molecule has 22 heavy (non-hydrogen) atoms. The van der Waals surface area contributed by atoms with Gasteiger partial charge in [-0.25, -0.2) is 0 Å². The molecule has 1 atom stereocenters. The molecule has 1 heterocycles. The van der Waals surface area contributed by atoms with Gasteiger partial charge in [0, 0.05) is 6.54 Å². The Bertz CT molecular complexity index is 642. The highest BCUT2D eigenvalue weighted by Gasteiger charge is 2.21. The van der Waals surface area contributed by atoms with E-state index in [-0.39, 0.29) is 12.5 Å². The number of carbonyl (C=O) groups excluding carboxylic acids is 1. The zero-order valence-corrected chi connectivity index (χ0v) is 13.0. The zero-order valence-electron chi connectivity index (χ0n) is 12.2. The molecule has 0 fully saturated rings. The van der Waals surface area contributed by atoms with Gasteiger partial charge in [-0.15, -0.1) is 5.10 Å². The molecule has 0 saturated carbocycles. The number of hydrogen-bond acceptors (Lipinski definition) is 5. The Morgan fingerprint density at radius 1 is 1.32 bits per heavy atom. The van der Waals surface area contributed by atoms with E-state index in [4.69, 9.17) is 0 Å². The minimum atomic E-state index is -0.928. The van der Waals surface area contributed by atoms with Crippen LogP contribution in [-0.4, -0.2) is 33.1 Å². The number of carboxylic acid groups (broad SMARTS) is 1. The number of benzene rings is 1. The van der Waals surface area contributed by atoms with Crippen LogP contribution in [0.25, 0.3) is 0 Å². The molecule has 0 bridgehead atoms. The van der Waals surface area contributed by atoms with Gasteiger partial charge in [0.1, 0.15) is 4.88 Å². The molecule has 1 amide bonds. The van der Waals surface area contributed by atoms with Gasteiger partial charge in [-0.05, 0) is 29.9 Å². The van der Waals surface area contributed by atoms with Gasteiger partial charge >= 0.3 is 5.97 Å². The number of rotatable bonds is 7. The van der Waals surface area contributed by atoms with Crippen molar-refractivity contribution in [3.63, 3.8) is 0 Å². The van der Waals surface area contributed by atoms with E-state index in [1.807, 2.05) is 37.3 Å². The Kier molecular flexibility index (Phi) is 5.60. The number of carbonyl (C=O) groups is 2. The molecule has 0 aliphatic carbocycles. The van der Waals surface area contributed by atoms with Gasteiger partial charge < -0.3 is 10.4 Å². The van der Waals surface area contributed by atoms with Crippen molar-refractivity contribution in [1.82, 2.24) is 14.9 Å². The van der Waals surface area contributed by atoms with Crippen molar-refractivity contribution in [2.75, 3.05) is 6.54 Å². The molecule has 0 aliphatic heterocycles. The first kappa shape index (κ1) is 16.1. The smallest absolute Gasteiger partial charge is 0.308 e. The van der Waals surface area contributed by atoms with E-state index in [2.05, 4.69) is 14.9 Å². The fourth-order valence-electron chi connectivity index (χ4n) is 2.05. The Labute approximate surface area is 132 Å². The van der Waals surface area contributed by atoms with Crippen LogP contribution in [0.4, 0.5) is 0 Å². The lowest BCUT2D eigenvalue weighted by Gasteiger charge is -2.13. The van der Waals surface area contributed by atoms with Gasteiger partial charge in [-0.3, -0.25) is 9.59 Å². The van der Waals surface area contributed by atoms with E-state index in [0.717, 1.165) is 17.1 Å². The molecule has 2 N–H and O–H groups in total. The van der Waals surface area contributed by atoms with Gasteiger partial charge in [0.2, 0.25) is 0 Å². The topological polar surface area (TPSA) is 92.2 Å². The maximum absolute atomic E-state index is 12.1. The van der Waals surface area contributed by atoms with Crippen LogP contribution < -0.4 is 5.32 Å². The summed E-state index contributed by atoms with van der Waals surface area (Å²) in [4.78, 5) is 23.9. The maximum atomic E-state index is 12.1. The van der Waals surface area contributed by atoms with Crippen LogP contribution in [0.15, 0.2) is 30.3 Å². The van der Waals surface area contributed by atoms with Gasteiger partial charge in [0.05, 0.1) is 11.6 Å². The summed E-state index contributed by atoms with van der Waals surface area (Å²) in [6.07, 6.45) is 0.990.